The van der Waals surface area contributed by atoms with Crippen LogP contribution in [0, 0.1) is 0 Å². The number of alkyl halides is 3. The Bertz CT molecular complexity index is 526. The molecule has 11 heteroatoms. The van der Waals surface area contributed by atoms with Gasteiger partial charge in [0, 0.05) is 11.1 Å². The SMILES string of the molecule is CC(C)(C)NS(=O)(=O)C(F)(F)F.CC(C)(C)NS(C)(=O)=O. The molecule has 6 nitrogen and oxygen atoms in total. The number of hydrogen-bond donors (Lipinski definition) is 2. The van der Waals surface area contributed by atoms with Gasteiger partial charge < -0.3 is 0 Å². The first kappa shape index (κ1) is 22.9. The molecule has 2 N–H and O–H groups in total. The van der Waals surface area contributed by atoms with Gasteiger partial charge in [0.1, 0.15) is 0 Å². The molecule has 0 atom stereocenters. The maximum atomic E-state index is 11.7. The van der Waals surface area contributed by atoms with E-state index in [4.69, 9.17) is 0 Å². The predicted molar refractivity (Wildman–Crippen MR) is 75.6 cm³/mol. The molecular weight excluding hydrogens is 333 g/mol. The van der Waals surface area contributed by atoms with E-state index in [2.05, 4.69) is 4.72 Å². The van der Waals surface area contributed by atoms with Crippen molar-refractivity contribution in [1.29, 1.82) is 0 Å². The molecule has 0 spiro atoms. The molecule has 0 aliphatic heterocycles. The molecular formula is C10H23F3N2O4S2. The summed E-state index contributed by atoms with van der Waals surface area (Å²) in [6.45, 7) is 9.39. The summed E-state index contributed by atoms with van der Waals surface area (Å²) in [4.78, 5) is 0. The zero-order valence-corrected chi connectivity index (χ0v) is 14.7. The highest BCUT2D eigenvalue weighted by atomic mass is 32.2. The van der Waals surface area contributed by atoms with E-state index in [0.29, 0.717) is 0 Å². The molecule has 0 saturated heterocycles. The number of halogens is 3. The Labute approximate surface area is 124 Å². The normalized spacial score (nSPS) is 14.4. The van der Waals surface area contributed by atoms with Crippen molar-refractivity contribution in [3.05, 3.63) is 0 Å². The first-order chi connectivity index (χ1) is 8.66. The molecule has 130 valence electrons. The quantitative estimate of drug-likeness (QED) is 0.785. The van der Waals surface area contributed by atoms with Crippen molar-refractivity contribution >= 4 is 20.0 Å². The summed E-state index contributed by atoms with van der Waals surface area (Å²) in [5.41, 5.74) is -6.71. The van der Waals surface area contributed by atoms with Crippen molar-refractivity contribution in [2.24, 2.45) is 0 Å². The zero-order valence-electron chi connectivity index (χ0n) is 13.1. The van der Waals surface area contributed by atoms with E-state index < -0.39 is 31.1 Å². The summed E-state index contributed by atoms with van der Waals surface area (Å²) in [6.07, 6.45) is 1.15. The van der Waals surface area contributed by atoms with Crippen LogP contribution in [0.3, 0.4) is 0 Å². The third-order valence-corrected chi connectivity index (χ3v) is 3.71. The molecule has 0 radical (unpaired) electrons. The maximum absolute atomic E-state index is 11.7. The van der Waals surface area contributed by atoms with Gasteiger partial charge in [-0.05, 0) is 41.5 Å². The first-order valence-electron chi connectivity index (χ1n) is 5.75. The van der Waals surface area contributed by atoms with Gasteiger partial charge in [0.15, 0.2) is 0 Å². The van der Waals surface area contributed by atoms with Gasteiger partial charge in [-0.15, -0.1) is 0 Å². The lowest BCUT2D eigenvalue weighted by molar-refractivity contribution is -0.0454. The average Bonchev–Trinajstić information content (AvgIpc) is 1.87. The minimum Gasteiger partial charge on any atom is -0.213 e. The largest absolute Gasteiger partial charge is 0.511 e. The van der Waals surface area contributed by atoms with Crippen LogP contribution in [-0.2, 0) is 20.0 Å². The third kappa shape index (κ3) is 14.3. The summed E-state index contributed by atoms with van der Waals surface area (Å²) in [5.74, 6) is 0. The van der Waals surface area contributed by atoms with Crippen LogP contribution >= 0.6 is 0 Å². The van der Waals surface area contributed by atoms with E-state index in [1.54, 1.807) is 20.8 Å². The van der Waals surface area contributed by atoms with Gasteiger partial charge in [0.2, 0.25) is 10.0 Å². The molecule has 0 rings (SSSR count). The van der Waals surface area contributed by atoms with Crippen molar-refractivity contribution in [3.8, 4) is 0 Å². The van der Waals surface area contributed by atoms with Crippen LogP contribution in [0.1, 0.15) is 41.5 Å². The highest BCUT2D eigenvalue weighted by Gasteiger charge is 2.47. The zero-order chi connectivity index (χ0) is 17.9. The van der Waals surface area contributed by atoms with E-state index in [9.17, 15) is 30.0 Å². The molecule has 0 aromatic heterocycles. The van der Waals surface area contributed by atoms with Crippen LogP contribution in [0.2, 0.25) is 0 Å². The van der Waals surface area contributed by atoms with E-state index >= 15 is 0 Å². The molecule has 0 unspecified atom stereocenters. The Balaban J connectivity index is 0. The standard InChI is InChI=1S/C5H10F3NO2S.C5H13NO2S/c1-4(2,3)9-12(10,11)5(6,7)8;1-5(2,3)6-9(4,7)8/h9H,1-3H3;6H,1-4H3. The van der Waals surface area contributed by atoms with Crippen molar-refractivity contribution in [1.82, 2.24) is 9.44 Å². The van der Waals surface area contributed by atoms with E-state index in [1.165, 1.54) is 25.5 Å². The predicted octanol–water partition coefficient (Wildman–Crippen LogP) is 1.56. The lowest BCUT2D eigenvalue weighted by Gasteiger charge is -2.21. The second-order valence-corrected chi connectivity index (χ2v) is 9.85. The second-order valence-electron chi connectivity index (χ2n) is 6.43. The van der Waals surface area contributed by atoms with Gasteiger partial charge in [-0.2, -0.15) is 13.2 Å². The first-order valence-corrected chi connectivity index (χ1v) is 9.13. The lowest BCUT2D eigenvalue weighted by atomic mass is 10.1. The van der Waals surface area contributed by atoms with Crippen molar-refractivity contribution in [3.63, 3.8) is 0 Å². The molecule has 0 fully saturated rings. The molecule has 0 aromatic rings. The molecule has 0 heterocycles. The van der Waals surface area contributed by atoms with Crippen LogP contribution in [0.25, 0.3) is 0 Å². The topological polar surface area (TPSA) is 92.3 Å². The summed E-state index contributed by atoms with van der Waals surface area (Å²) in [6, 6.07) is 0. The highest BCUT2D eigenvalue weighted by Crippen LogP contribution is 2.23. The fraction of sp³-hybridized carbons (Fsp3) is 1.00. The summed E-state index contributed by atoms with van der Waals surface area (Å²) >= 11 is 0. The fourth-order valence-corrected chi connectivity index (χ4v) is 3.05. The summed E-state index contributed by atoms with van der Waals surface area (Å²) < 4.78 is 81.0. The lowest BCUT2D eigenvalue weighted by Crippen LogP contribution is -2.46. The van der Waals surface area contributed by atoms with E-state index in [0.717, 1.165) is 6.26 Å². The highest BCUT2D eigenvalue weighted by molar-refractivity contribution is 7.90. The fourth-order valence-electron chi connectivity index (χ4n) is 1.02. The monoisotopic (exact) mass is 356 g/mol. The van der Waals surface area contributed by atoms with E-state index in [-0.39, 0.29) is 5.54 Å². The molecule has 0 saturated carbocycles. The van der Waals surface area contributed by atoms with Gasteiger partial charge in [-0.25, -0.2) is 26.3 Å². The molecule has 0 bridgehead atoms. The van der Waals surface area contributed by atoms with Crippen LogP contribution in [-0.4, -0.2) is 39.7 Å². The Morgan fingerprint density at radius 2 is 1.00 bits per heavy atom. The van der Waals surface area contributed by atoms with Crippen molar-refractivity contribution in [2.45, 2.75) is 58.1 Å². The summed E-state index contributed by atoms with van der Waals surface area (Å²) in [5, 5.41) is 0. The van der Waals surface area contributed by atoms with Gasteiger partial charge in [-0.1, -0.05) is 0 Å². The number of sulfonamides is 2. The third-order valence-electron chi connectivity index (χ3n) is 1.24. The molecule has 21 heavy (non-hydrogen) atoms. The molecule has 0 aliphatic rings. The van der Waals surface area contributed by atoms with Gasteiger partial charge in [0.05, 0.1) is 6.26 Å². The summed E-state index contributed by atoms with van der Waals surface area (Å²) in [7, 11) is -8.24. The van der Waals surface area contributed by atoms with Gasteiger partial charge in [0.25, 0.3) is 0 Å². The number of nitrogens with one attached hydrogen (secondary N) is 2. The van der Waals surface area contributed by atoms with Gasteiger partial charge >= 0.3 is 15.5 Å². The smallest absolute Gasteiger partial charge is 0.213 e. The van der Waals surface area contributed by atoms with Crippen LogP contribution in [0.4, 0.5) is 13.2 Å². The number of hydrogen-bond acceptors (Lipinski definition) is 4. The van der Waals surface area contributed by atoms with Crippen LogP contribution < -0.4 is 9.44 Å². The Morgan fingerprint density at radius 3 is 1.05 bits per heavy atom. The van der Waals surface area contributed by atoms with E-state index in [1.807, 2.05) is 0 Å². The number of rotatable bonds is 2. The van der Waals surface area contributed by atoms with Crippen molar-refractivity contribution in [2.75, 3.05) is 6.26 Å². The van der Waals surface area contributed by atoms with Crippen LogP contribution in [0.5, 0.6) is 0 Å². The Hall–Kier alpha value is -0.390. The van der Waals surface area contributed by atoms with Crippen LogP contribution in [0.15, 0.2) is 0 Å². The Morgan fingerprint density at radius 1 is 0.714 bits per heavy atom. The minimum atomic E-state index is -5.24. The average molecular weight is 356 g/mol. The second kappa shape index (κ2) is 6.80. The Kier molecular flexibility index (Phi) is 7.41. The van der Waals surface area contributed by atoms with Gasteiger partial charge in [-0.3, -0.25) is 0 Å². The minimum absolute atomic E-state index is 0.354. The molecule has 0 aliphatic carbocycles. The van der Waals surface area contributed by atoms with Crippen molar-refractivity contribution < 1.29 is 30.0 Å². The maximum Gasteiger partial charge on any atom is 0.511 e. The molecule has 0 amide bonds. The molecule has 0 aromatic carbocycles.